The molecule has 0 saturated carbocycles. The van der Waals surface area contributed by atoms with Crippen molar-refractivity contribution in [3.05, 3.63) is 38.6 Å². The summed E-state index contributed by atoms with van der Waals surface area (Å²) in [6.07, 6.45) is -4.38. The molecule has 17 heavy (non-hydrogen) atoms. The average Bonchev–Trinajstić information content (AvgIpc) is 2.61. The Morgan fingerprint density at radius 2 is 1.88 bits per heavy atom. The van der Waals surface area contributed by atoms with Gasteiger partial charge in [-0.15, -0.1) is 11.3 Å². The zero-order valence-electron chi connectivity index (χ0n) is 8.68. The lowest BCUT2D eigenvalue weighted by Gasteiger charge is -2.02. The molecule has 0 aliphatic heterocycles. The van der Waals surface area contributed by atoms with E-state index >= 15 is 0 Å². The molecule has 0 atom stereocenters. The SMILES string of the molecule is Cc1sc(C(F)(F)F)nc1-c1ccccc1Br. The highest BCUT2D eigenvalue weighted by molar-refractivity contribution is 9.10. The normalized spacial score (nSPS) is 11.8. The van der Waals surface area contributed by atoms with Crippen LogP contribution in [0.25, 0.3) is 11.3 Å². The molecule has 2 aromatic rings. The molecule has 0 radical (unpaired) electrons. The van der Waals surface area contributed by atoms with Gasteiger partial charge < -0.3 is 0 Å². The summed E-state index contributed by atoms with van der Waals surface area (Å²) in [7, 11) is 0. The molecule has 90 valence electrons. The number of halogens is 4. The quantitative estimate of drug-likeness (QED) is 0.728. The molecular formula is C11H7BrF3NS. The van der Waals surface area contributed by atoms with Crippen LogP contribution in [0.5, 0.6) is 0 Å². The lowest BCUT2D eigenvalue weighted by atomic mass is 10.1. The number of rotatable bonds is 1. The molecule has 0 spiro atoms. The molecule has 0 aliphatic carbocycles. The molecule has 2 rings (SSSR count). The second-order valence-corrected chi connectivity index (χ2v) is 5.46. The number of aryl methyl sites for hydroxylation is 1. The Hall–Kier alpha value is -0.880. The molecule has 1 heterocycles. The van der Waals surface area contributed by atoms with Crippen LogP contribution in [0.4, 0.5) is 13.2 Å². The molecule has 0 bridgehead atoms. The first-order valence-corrected chi connectivity index (χ1v) is 6.30. The van der Waals surface area contributed by atoms with Gasteiger partial charge in [-0.1, -0.05) is 34.1 Å². The molecule has 1 aromatic heterocycles. The first-order valence-electron chi connectivity index (χ1n) is 4.69. The standard InChI is InChI=1S/C11H7BrF3NS/c1-6-9(7-4-2-3-5-8(7)12)16-10(17-6)11(13,14)15/h2-5H,1H3. The van der Waals surface area contributed by atoms with E-state index in [-0.39, 0.29) is 0 Å². The third kappa shape index (κ3) is 2.52. The van der Waals surface area contributed by atoms with Crippen molar-refractivity contribution in [3.63, 3.8) is 0 Å². The van der Waals surface area contributed by atoms with Crippen LogP contribution in [-0.2, 0) is 6.18 Å². The molecule has 0 unspecified atom stereocenters. The van der Waals surface area contributed by atoms with Crippen molar-refractivity contribution in [1.82, 2.24) is 4.98 Å². The maximum atomic E-state index is 12.5. The molecule has 0 saturated heterocycles. The molecule has 1 nitrogen and oxygen atoms in total. The highest BCUT2D eigenvalue weighted by Gasteiger charge is 2.35. The zero-order chi connectivity index (χ0) is 12.6. The number of hydrogen-bond acceptors (Lipinski definition) is 2. The number of thiazole rings is 1. The van der Waals surface area contributed by atoms with E-state index in [1.807, 2.05) is 0 Å². The van der Waals surface area contributed by atoms with Crippen LogP contribution in [0.15, 0.2) is 28.7 Å². The molecular weight excluding hydrogens is 315 g/mol. The first kappa shape index (κ1) is 12.6. The van der Waals surface area contributed by atoms with E-state index in [9.17, 15) is 13.2 Å². The lowest BCUT2D eigenvalue weighted by molar-refractivity contribution is -0.137. The topological polar surface area (TPSA) is 12.9 Å². The van der Waals surface area contributed by atoms with Gasteiger partial charge in [-0.05, 0) is 13.0 Å². The first-order chi connectivity index (χ1) is 7.89. The van der Waals surface area contributed by atoms with E-state index in [0.29, 0.717) is 27.5 Å². The minimum atomic E-state index is -4.38. The molecule has 0 N–H and O–H groups in total. The Morgan fingerprint density at radius 3 is 2.41 bits per heavy atom. The lowest BCUT2D eigenvalue weighted by Crippen LogP contribution is -2.03. The summed E-state index contributed by atoms with van der Waals surface area (Å²) in [4.78, 5) is 4.24. The number of hydrogen-bond donors (Lipinski definition) is 0. The van der Waals surface area contributed by atoms with Gasteiger partial charge in [0.25, 0.3) is 0 Å². The van der Waals surface area contributed by atoms with Gasteiger partial charge in [0.1, 0.15) is 0 Å². The van der Waals surface area contributed by atoms with Crippen LogP contribution in [0.2, 0.25) is 0 Å². The fourth-order valence-corrected chi connectivity index (χ4v) is 2.69. The van der Waals surface area contributed by atoms with Crippen molar-refractivity contribution in [2.24, 2.45) is 0 Å². The average molecular weight is 322 g/mol. The number of alkyl halides is 3. The summed E-state index contributed by atoms with van der Waals surface area (Å²) in [6.45, 7) is 1.64. The predicted octanol–water partition coefficient (Wildman–Crippen LogP) is 4.90. The van der Waals surface area contributed by atoms with Crippen LogP contribution in [-0.4, -0.2) is 4.98 Å². The van der Waals surface area contributed by atoms with Crippen molar-refractivity contribution < 1.29 is 13.2 Å². The van der Waals surface area contributed by atoms with E-state index in [2.05, 4.69) is 20.9 Å². The Kier molecular flexibility index (Phi) is 3.27. The van der Waals surface area contributed by atoms with Gasteiger partial charge in [0, 0.05) is 14.9 Å². The van der Waals surface area contributed by atoms with Crippen LogP contribution >= 0.6 is 27.3 Å². The maximum Gasteiger partial charge on any atom is 0.443 e. The van der Waals surface area contributed by atoms with Crippen molar-refractivity contribution in [1.29, 1.82) is 0 Å². The van der Waals surface area contributed by atoms with Gasteiger partial charge in [-0.3, -0.25) is 0 Å². The minimum Gasteiger partial charge on any atom is -0.232 e. The van der Waals surface area contributed by atoms with Crippen LogP contribution in [0.3, 0.4) is 0 Å². The van der Waals surface area contributed by atoms with Gasteiger partial charge in [-0.25, -0.2) is 4.98 Å². The van der Waals surface area contributed by atoms with Crippen molar-refractivity contribution in [2.45, 2.75) is 13.1 Å². The fourth-order valence-electron chi connectivity index (χ4n) is 1.42. The van der Waals surface area contributed by atoms with E-state index < -0.39 is 11.2 Å². The monoisotopic (exact) mass is 321 g/mol. The van der Waals surface area contributed by atoms with Gasteiger partial charge in [-0.2, -0.15) is 13.2 Å². The highest BCUT2D eigenvalue weighted by atomic mass is 79.9. The summed E-state index contributed by atoms with van der Waals surface area (Å²) in [5.41, 5.74) is 1.06. The van der Waals surface area contributed by atoms with E-state index in [1.165, 1.54) is 0 Å². The Labute approximate surface area is 108 Å². The van der Waals surface area contributed by atoms with Gasteiger partial charge >= 0.3 is 6.18 Å². The molecule has 6 heteroatoms. The van der Waals surface area contributed by atoms with Gasteiger partial charge in [0.15, 0.2) is 5.01 Å². The fraction of sp³-hybridized carbons (Fsp3) is 0.182. The zero-order valence-corrected chi connectivity index (χ0v) is 11.1. The Bertz CT molecular complexity index is 548. The summed E-state index contributed by atoms with van der Waals surface area (Å²) < 4.78 is 38.3. The molecule has 0 aliphatic rings. The molecule has 0 amide bonds. The van der Waals surface area contributed by atoms with E-state index in [0.717, 1.165) is 4.47 Å². The van der Waals surface area contributed by atoms with Crippen molar-refractivity contribution >= 4 is 27.3 Å². The van der Waals surface area contributed by atoms with Crippen LogP contribution in [0, 0.1) is 6.92 Å². The number of aromatic nitrogens is 1. The van der Waals surface area contributed by atoms with Crippen molar-refractivity contribution in [2.75, 3.05) is 0 Å². The number of nitrogens with zero attached hydrogens (tertiary/aromatic N) is 1. The van der Waals surface area contributed by atoms with Gasteiger partial charge in [0.2, 0.25) is 0 Å². The van der Waals surface area contributed by atoms with Gasteiger partial charge in [0.05, 0.1) is 5.69 Å². The summed E-state index contributed by atoms with van der Waals surface area (Å²) in [5.74, 6) is 0. The Balaban J connectivity index is 2.55. The highest BCUT2D eigenvalue weighted by Crippen LogP contribution is 2.38. The third-order valence-electron chi connectivity index (χ3n) is 2.17. The number of benzene rings is 1. The second kappa shape index (κ2) is 4.42. The molecule has 0 fully saturated rings. The van der Waals surface area contributed by atoms with E-state index in [4.69, 9.17) is 0 Å². The smallest absolute Gasteiger partial charge is 0.232 e. The summed E-state index contributed by atoms with van der Waals surface area (Å²) in [6, 6.07) is 7.10. The van der Waals surface area contributed by atoms with E-state index in [1.54, 1.807) is 31.2 Å². The second-order valence-electron chi connectivity index (χ2n) is 3.40. The summed E-state index contributed by atoms with van der Waals surface area (Å²) >= 11 is 3.98. The maximum absolute atomic E-state index is 12.5. The summed E-state index contributed by atoms with van der Waals surface area (Å²) in [5, 5.41) is -0.805. The van der Waals surface area contributed by atoms with Crippen LogP contribution in [0.1, 0.15) is 9.88 Å². The Morgan fingerprint density at radius 1 is 1.24 bits per heavy atom. The van der Waals surface area contributed by atoms with Crippen LogP contribution < -0.4 is 0 Å². The third-order valence-corrected chi connectivity index (χ3v) is 3.88. The van der Waals surface area contributed by atoms with Crippen molar-refractivity contribution in [3.8, 4) is 11.3 Å². The predicted molar refractivity (Wildman–Crippen MR) is 65.0 cm³/mol. The minimum absolute atomic E-state index is 0.384. The molecule has 1 aromatic carbocycles. The largest absolute Gasteiger partial charge is 0.443 e.